The average Bonchev–Trinajstić information content (AvgIpc) is 3.37. The van der Waals surface area contributed by atoms with Crippen LogP contribution in [0.2, 0.25) is 0 Å². The van der Waals surface area contributed by atoms with Crippen LogP contribution in [-0.4, -0.2) is 42.0 Å². The molecule has 0 radical (unpaired) electrons. The molecule has 2 aromatic rings. The summed E-state index contributed by atoms with van der Waals surface area (Å²) < 4.78 is 11.0. The Hall–Kier alpha value is -2.12. The molecule has 2 aromatic heterocycles. The summed E-state index contributed by atoms with van der Waals surface area (Å²) in [6, 6.07) is 7.27. The third-order valence-electron chi connectivity index (χ3n) is 4.64. The maximum Gasteiger partial charge on any atom is 0.264 e. The highest BCUT2D eigenvalue weighted by Crippen LogP contribution is 2.35. The third kappa shape index (κ3) is 2.74. The first kappa shape index (κ1) is 15.4. The van der Waals surface area contributed by atoms with E-state index in [0.29, 0.717) is 30.3 Å². The van der Waals surface area contributed by atoms with E-state index in [9.17, 15) is 9.59 Å². The van der Waals surface area contributed by atoms with Crippen molar-refractivity contribution >= 4 is 23.2 Å². The maximum absolute atomic E-state index is 12.7. The van der Waals surface area contributed by atoms with Gasteiger partial charge in [0.2, 0.25) is 5.91 Å². The topological polar surface area (TPSA) is 71.8 Å². The number of thiophene rings is 1. The van der Waals surface area contributed by atoms with Crippen LogP contribution in [0.3, 0.4) is 0 Å². The molecule has 7 heteroatoms. The Labute approximate surface area is 143 Å². The van der Waals surface area contributed by atoms with E-state index in [1.54, 1.807) is 17.2 Å². The minimum atomic E-state index is -0.337. The number of hydrogen-bond donors (Lipinski definition) is 1. The molecule has 3 atom stereocenters. The van der Waals surface area contributed by atoms with Gasteiger partial charge in [-0.25, -0.2) is 0 Å². The van der Waals surface area contributed by atoms with Gasteiger partial charge >= 0.3 is 0 Å². The molecule has 0 aliphatic carbocycles. The van der Waals surface area contributed by atoms with Gasteiger partial charge in [-0.3, -0.25) is 9.59 Å². The number of nitrogens with one attached hydrogen (secondary N) is 1. The van der Waals surface area contributed by atoms with Crippen LogP contribution in [0.5, 0.6) is 0 Å². The zero-order valence-corrected chi connectivity index (χ0v) is 13.8. The Morgan fingerprint density at radius 1 is 1.33 bits per heavy atom. The lowest BCUT2D eigenvalue weighted by Gasteiger charge is -2.21. The smallest absolute Gasteiger partial charge is 0.264 e. The number of carbonyl (C=O) groups is 2. The molecule has 126 valence electrons. The largest absolute Gasteiger partial charge is 0.467 e. The van der Waals surface area contributed by atoms with Crippen LogP contribution in [0.1, 0.15) is 21.9 Å². The van der Waals surface area contributed by atoms with Crippen molar-refractivity contribution < 1.29 is 18.7 Å². The minimum absolute atomic E-state index is 0.00756. The second-order valence-electron chi connectivity index (χ2n) is 6.03. The van der Waals surface area contributed by atoms with E-state index in [1.165, 1.54) is 11.3 Å². The maximum atomic E-state index is 12.7. The Bertz CT molecular complexity index is 713. The number of hydrogen-bond acceptors (Lipinski definition) is 5. The standard InChI is InChI=1S/C17H18N2O4S/c20-16(18-9-11-3-1-6-22-11)12-10-19(13-5-7-23-15(12)13)17(21)14-4-2-8-24-14/h1-4,6,8,12-13,15H,5,7,9-10H2,(H,18,20)/t12-,13+,15+/m1/s1. The van der Waals surface area contributed by atoms with Crippen molar-refractivity contribution in [1.82, 2.24) is 10.2 Å². The van der Waals surface area contributed by atoms with Crippen molar-refractivity contribution in [2.24, 2.45) is 5.92 Å². The number of nitrogens with zero attached hydrogens (tertiary/aromatic N) is 1. The number of likely N-dealkylation sites (tertiary alicyclic amines) is 1. The lowest BCUT2D eigenvalue weighted by atomic mass is 10.0. The summed E-state index contributed by atoms with van der Waals surface area (Å²) in [7, 11) is 0. The van der Waals surface area contributed by atoms with Crippen LogP contribution in [0.15, 0.2) is 40.3 Å². The predicted molar refractivity (Wildman–Crippen MR) is 87.5 cm³/mol. The van der Waals surface area contributed by atoms with Crippen molar-refractivity contribution in [2.45, 2.75) is 25.1 Å². The highest BCUT2D eigenvalue weighted by molar-refractivity contribution is 7.12. The summed E-state index contributed by atoms with van der Waals surface area (Å²) in [6.45, 7) is 1.33. The number of ether oxygens (including phenoxy) is 1. The molecule has 0 bridgehead atoms. The molecule has 2 fully saturated rings. The van der Waals surface area contributed by atoms with Crippen molar-refractivity contribution in [1.29, 1.82) is 0 Å². The van der Waals surface area contributed by atoms with Gasteiger partial charge in [-0.2, -0.15) is 0 Å². The average molecular weight is 346 g/mol. The van der Waals surface area contributed by atoms with E-state index in [1.807, 2.05) is 23.6 Å². The fourth-order valence-corrected chi connectivity index (χ4v) is 4.17. The summed E-state index contributed by atoms with van der Waals surface area (Å²) in [5.74, 6) is 0.268. The Balaban J connectivity index is 1.46. The molecule has 2 aliphatic heterocycles. The van der Waals surface area contributed by atoms with Crippen molar-refractivity contribution in [3.05, 3.63) is 46.5 Å². The first-order valence-electron chi connectivity index (χ1n) is 8.00. The summed E-state index contributed by atoms with van der Waals surface area (Å²) in [6.07, 6.45) is 2.14. The lowest BCUT2D eigenvalue weighted by Crippen LogP contribution is -2.37. The zero-order chi connectivity index (χ0) is 16.5. The first-order chi connectivity index (χ1) is 11.7. The van der Waals surface area contributed by atoms with E-state index >= 15 is 0 Å². The van der Waals surface area contributed by atoms with Gasteiger partial charge < -0.3 is 19.4 Å². The molecule has 0 aromatic carbocycles. The molecular weight excluding hydrogens is 328 g/mol. The molecule has 1 N–H and O–H groups in total. The Morgan fingerprint density at radius 2 is 2.25 bits per heavy atom. The molecule has 4 heterocycles. The zero-order valence-electron chi connectivity index (χ0n) is 13.0. The molecule has 0 spiro atoms. The van der Waals surface area contributed by atoms with Crippen molar-refractivity contribution in [2.75, 3.05) is 13.2 Å². The van der Waals surface area contributed by atoms with Crippen LogP contribution in [0.25, 0.3) is 0 Å². The van der Waals surface area contributed by atoms with Crippen LogP contribution in [-0.2, 0) is 16.1 Å². The normalized spacial score (nSPS) is 25.7. The monoisotopic (exact) mass is 346 g/mol. The second kappa shape index (κ2) is 6.41. The Morgan fingerprint density at radius 3 is 3.00 bits per heavy atom. The van der Waals surface area contributed by atoms with Gasteiger partial charge in [-0.05, 0) is 30.0 Å². The summed E-state index contributed by atoms with van der Waals surface area (Å²) in [5, 5.41) is 4.77. The first-order valence-corrected chi connectivity index (χ1v) is 8.88. The lowest BCUT2D eigenvalue weighted by molar-refractivity contribution is -0.127. The molecular formula is C17H18N2O4S. The van der Waals surface area contributed by atoms with E-state index in [-0.39, 0.29) is 29.9 Å². The van der Waals surface area contributed by atoms with Crippen LogP contribution < -0.4 is 5.32 Å². The number of carbonyl (C=O) groups excluding carboxylic acids is 2. The number of rotatable bonds is 4. The highest BCUT2D eigenvalue weighted by atomic mass is 32.1. The summed E-state index contributed by atoms with van der Waals surface area (Å²) in [4.78, 5) is 27.8. The Kier molecular flexibility index (Phi) is 4.12. The summed E-state index contributed by atoms with van der Waals surface area (Å²) in [5.41, 5.74) is 0. The van der Waals surface area contributed by atoms with Gasteiger partial charge in [0.25, 0.3) is 5.91 Å². The molecule has 2 amide bonds. The minimum Gasteiger partial charge on any atom is -0.467 e. The number of fused-ring (bicyclic) bond motifs is 1. The van der Waals surface area contributed by atoms with Gasteiger partial charge in [-0.1, -0.05) is 6.07 Å². The molecule has 24 heavy (non-hydrogen) atoms. The van der Waals surface area contributed by atoms with Crippen molar-refractivity contribution in [3.8, 4) is 0 Å². The van der Waals surface area contributed by atoms with E-state index in [2.05, 4.69) is 5.32 Å². The molecule has 0 saturated carbocycles. The van der Waals surface area contributed by atoms with Crippen LogP contribution in [0, 0.1) is 5.92 Å². The van der Waals surface area contributed by atoms with Gasteiger partial charge in [0, 0.05) is 13.2 Å². The molecule has 0 unspecified atom stereocenters. The number of furan rings is 1. The molecule has 6 nitrogen and oxygen atoms in total. The van der Waals surface area contributed by atoms with Gasteiger partial charge in [0.05, 0.1) is 35.7 Å². The second-order valence-corrected chi connectivity index (χ2v) is 6.98. The van der Waals surface area contributed by atoms with Crippen LogP contribution >= 0.6 is 11.3 Å². The quantitative estimate of drug-likeness (QED) is 0.918. The summed E-state index contributed by atoms with van der Waals surface area (Å²) >= 11 is 1.43. The van der Waals surface area contributed by atoms with E-state index < -0.39 is 0 Å². The third-order valence-corrected chi connectivity index (χ3v) is 5.50. The fourth-order valence-electron chi connectivity index (χ4n) is 3.49. The molecule has 4 rings (SSSR count). The van der Waals surface area contributed by atoms with Gasteiger partial charge in [0.1, 0.15) is 5.76 Å². The van der Waals surface area contributed by atoms with Gasteiger partial charge in [0.15, 0.2) is 0 Å². The number of amides is 2. The molecule has 2 saturated heterocycles. The molecule has 2 aliphatic rings. The van der Waals surface area contributed by atoms with Gasteiger partial charge in [-0.15, -0.1) is 11.3 Å². The van der Waals surface area contributed by atoms with E-state index in [0.717, 1.165) is 6.42 Å². The van der Waals surface area contributed by atoms with Crippen LogP contribution in [0.4, 0.5) is 0 Å². The SMILES string of the molecule is O=C(NCc1ccco1)[C@@H]1CN(C(=O)c2cccs2)[C@H]2CCO[C@@H]12. The van der Waals surface area contributed by atoms with E-state index in [4.69, 9.17) is 9.15 Å². The fraction of sp³-hybridized carbons (Fsp3) is 0.412. The van der Waals surface area contributed by atoms with Crippen molar-refractivity contribution in [3.63, 3.8) is 0 Å². The predicted octanol–water partition coefficient (Wildman–Crippen LogP) is 1.89. The highest BCUT2D eigenvalue weighted by Gasteiger charge is 2.50.